The lowest BCUT2D eigenvalue weighted by atomic mass is 10.0. The van der Waals surface area contributed by atoms with E-state index in [4.69, 9.17) is 14.5 Å². The summed E-state index contributed by atoms with van der Waals surface area (Å²) in [7, 11) is 0. The number of ether oxygens (including phenoxy) is 2. The molecule has 0 spiro atoms. The smallest absolute Gasteiger partial charge is 0.225 e. The van der Waals surface area contributed by atoms with Crippen molar-refractivity contribution in [3.8, 4) is 11.5 Å². The average molecular weight is 386 g/mol. The molecule has 0 saturated heterocycles. The summed E-state index contributed by atoms with van der Waals surface area (Å²) in [6, 6.07) is 25.8. The Balaban J connectivity index is 1.89. The summed E-state index contributed by atoms with van der Waals surface area (Å²) < 4.78 is 12.0. The number of aryl methyl sites for hydroxylation is 1. The van der Waals surface area contributed by atoms with E-state index in [9.17, 15) is 0 Å². The molecule has 29 heavy (non-hydrogen) atoms. The molecule has 148 valence electrons. The number of hydrogen-bond acceptors (Lipinski definition) is 3. The first-order valence-corrected chi connectivity index (χ1v) is 9.83. The number of para-hydroxylation sites is 1. The van der Waals surface area contributed by atoms with Crippen LogP contribution in [0.2, 0.25) is 0 Å². The van der Waals surface area contributed by atoms with E-state index in [1.807, 2.05) is 80.6 Å². The van der Waals surface area contributed by atoms with E-state index in [2.05, 4.69) is 26.0 Å². The van der Waals surface area contributed by atoms with Crippen LogP contribution in [-0.2, 0) is 0 Å². The monoisotopic (exact) mass is 385 g/mol. The van der Waals surface area contributed by atoms with Crippen LogP contribution in [0.15, 0.2) is 95.7 Å². The summed E-state index contributed by atoms with van der Waals surface area (Å²) in [4.78, 5) is 4.70. The van der Waals surface area contributed by atoms with Crippen LogP contribution in [0.3, 0.4) is 0 Å². The third-order valence-electron chi connectivity index (χ3n) is 4.42. The predicted octanol–water partition coefficient (Wildman–Crippen LogP) is 7.21. The lowest BCUT2D eigenvalue weighted by Gasteiger charge is -2.12. The maximum Gasteiger partial charge on any atom is 0.225 e. The lowest BCUT2D eigenvalue weighted by molar-refractivity contribution is 0.473. The van der Waals surface area contributed by atoms with E-state index in [-0.39, 0.29) is 0 Å². The van der Waals surface area contributed by atoms with Crippen molar-refractivity contribution in [3.63, 3.8) is 0 Å². The zero-order valence-corrected chi connectivity index (χ0v) is 17.4. The predicted molar refractivity (Wildman–Crippen MR) is 120 cm³/mol. The molecule has 0 aliphatic rings. The highest BCUT2D eigenvalue weighted by Gasteiger charge is 2.09. The SMILES string of the molecule is CC(=C\Oc1cccc(C)c1)/C(=N/c1ccccc1)Oc1cccc(C(C)C)c1. The molecule has 3 nitrogen and oxygen atoms in total. The van der Waals surface area contributed by atoms with Crippen LogP contribution in [0.4, 0.5) is 5.69 Å². The maximum absolute atomic E-state index is 6.18. The second kappa shape index (κ2) is 9.74. The first kappa shape index (κ1) is 20.4. The van der Waals surface area contributed by atoms with E-state index in [0.717, 1.165) is 28.3 Å². The highest BCUT2D eigenvalue weighted by Crippen LogP contribution is 2.23. The highest BCUT2D eigenvalue weighted by atomic mass is 16.5. The van der Waals surface area contributed by atoms with E-state index in [0.29, 0.717) is 11.8 Å². The Morgan fingerprint density at radius 2 is 1.59 bits per heavy atom. The van der Waals surface area contributed by atoms with Crippen molar-refractivity contribution in [2.75, 3.05) is 0 Å². The van der Waals surface area contributed by atoms with Gasteiger partial charge >= 0.3 is 0 Å². The summed E-state index contributed by atoms with van der Waals surface area (Å²) in [6.45, 7) is 8.30. The topological polar surface area (TPSA) is 30.8 Å². The first-order valence-electron chi connectivity index (χ1n) is 9.83. The minimum absolute atomic E-state index is 0.425. The Kier molecular flexibility index (Phi) is 6.85. The molecule has 3 aromatic rings. The average Bonchev–Trinajstić information content (AvgIpc) is 2.72. The fourth-order valence-electron chi connectivity index (χ4n) is 2.76. The van der Waals surface area contributed by atoms with Crippen LogP contribution in [0.5, 0.6) is 11.5 Å². The molecule has 0 amide bonds. The van der Waals surface area contributed by atoms with Crippen molar-refractivity contribution in [1.29, 1.82) is 0 Å². The zero-order valence-electron chi connectivity index (χ0n) is 17.4. The van der Waals surface area contributed by atoms with Gasteiger partial charge in [-0.25, -0.2) is 4.99 Å². The Bertz CT molecular complexity index is 1000. The standard InChI is InChI=1S/C26H27NO2/c1-19(2)22-11-9-15-25(17-22)29-26(27-23-12-6-5-7-13-23)21(4)18-28-24-14-8-10-20(3)16-24/h5-19H,1-4H3/b21-18+,27-26-. The van der Waals surface area contributed by atoms with Gasteiger partial charge in [0, 0.05) is 5.57 Å². The lowest BCUT2D eigenvalue weighted by Crippen LogP contribution is -2.11. The number of nitrogens with zero attached hydrogens (tertiary/aromatic N) is 1. The van der Waals surface area contributed by atoms with Crippen molar-refractivity contribution in [3.05, 3.63) is 102 Å². The van der Waals surface area contributed by atoms with Gasteiger partial charge in [0.2, 0.25) is 5.90 Å². The van der Waals surface area contributed by atoms with E-state index < -0.39 is 0 Å². The molecule has 0 atom stereocenters. The fourth-order valence-corrected chi connectivity index (χ4v) is 2.76. The van der Waals surface area contributed by atoms with Crippen LogP contribution in [0.25, 0.3) is 0 Å². The molecule has 0 fully saturated rings. The van der Waals surface area contributed by atoms with Crippen LogP contribution < -0.4 is 9.47 Å². The highest BCUT2D eigenvalue weighted by molar-refractivity contribution is 5.96. The molecule has 0 bridgehead atoms. The minimum Gasteiger partial charge on any atom is -0.465 e. The van der Waals surface area contributed by atoms with E-state index in [1.165, 1.54) is 5.56 Å². The number of aliphatic imine (C=N–C) groups is 1. The summed E-state index contributed by atoms with van der Waals surface area (Å²) in [5.74, 6) is 2.47. The van der Waals surface area contributed by atoms with E-state index >= 15 is 0 Å². The van der Waals surface area contributed by atoms with Crippen molar-refractivity contribution >= 4 is 11.6 Å². The Morgan fingerprint density at radius 1 is 0.862 bits per heavy atom. The minimum atomic E-state index is 0.425. The quantitative estimate of drug-likeness (QED) is 0.255. The van der Waals surface area contributed by atoms with Gasteiger partial charge in [0.15, 0.2) is 0 Å². The summed E-state index contributed by atoms with van der Waals surface area (Å²) in [5, 5.41) is 0. The van der Waals surface area contributed by atoms with Gasteiger partial charge in [-0.05, 0) is 67.3 Å². The molecule has 0 unspecified atom stereocenters. The number of benzene rings is 3. The van der Waals surface area contributed by atoms with Gasteiger partial charge in [-0.15, -0.1) is 0 Å². The molecule has 0 heterocycles. The Labute approximate surface area is 173 Å². The normalized spacial score (nSPS) is 12.2. The second-order valence-electron chi connectivity index (χ2n) is 7.32. The van der Waals surface area contributed by atoms with Crippen LogP contribution in [0, 0.1) is 6.92 Å². The van der Waals surface area contributed by atoms with Gasteiger partial charge < -0.3 is 9.47 Å². The first-order chi connectivity index (χ1) is 14.0. The maximum atomic E-state index is 6.18. The molecule has 0 radical (unpaired) electrons. The molecular formula is C26H27NO2. The third kappa shape index (κ3) is 6.08. The molecule has 0 N–H and O–H groups in total. The van der Waals surface area contributed by atoms with Crippen molar-refractivity contribution in [2.24, 2.45) is 4.99 Å². The van der Waals surface area contributed by atoms with Crippen molar-refractivity contribution in [1.82, 2.24) is 0 Å². The van der Waals surface area contributed by atoms with Crippen molar-refractivity contribution < 1.29 is 9.47 Å². The fraction of sp³-hybridized carbons (Fsp3) is 0.192. The van der Waals surface area contributed by atoms with Gasteiger partial charge in [0.1, 0.15) is 11.5 Å². The van der Waals surface area contributed by atoms with Crippen LogP contribution in [0.1, 0.15) is 37.8 Å². The summed E-state index contributed by atoms with van der Waals surface area (Å²) in [5.41, 5.74) is 3.99. The molecule has 3 heteroatoms. The second-order valence-corrected chi connectivity index (χ2v) is 7.32. The summed E-state index contributed by atoms with van der Waals surface area (Å²) in [6.07, 6.45) is 1.68. The number of rotatable bonds is 6. The molecule has 0 aromatic heterocycles. The van der Waals surface area contributed by atoms with Gasteiger partial charge in [-0.3, -0.25) is 0 Å². The molecule has 0 aliphatic heterocycles. The molecule has 0 aliphatic carbocycles. The largest absolute Gasteiger partial charge is 0.465 e. The van der Waals surface area contributed by atoms with Gasteiger partial charge in [0.25, 0.3) is 0 Å². The zero-order chi connectivity index (χ0) is 20.6. The molecule has 3 aromatic carbocycles. The summed E-state index contributed by atoms with van der Waals surface area (Å²) >= 11 is 0. The van der Waals surface area contributed by atoms with Gasteiger partial charge in [0.05, 0.1) is 11.9 Å². The molecule has 3 rings (SSSR count). The number of hydrogen-bond donors (Lipinski definition) is 0. The van der Waals surface area contributed by atoms with Gasteiger partial charge in [-0.2, -0.15) is 0 Å². The molecule has 0 saturated carbocycles. The Morgan fingerprint density at radius 3 is 2.31 bits per heavy atom. The van der Waals surface area contributed by atoms with Gasteiger partial charge in [-0.1, -0.05) is 56.3 Å². The Hall–Kier alpha value is -3.33. The van der Waals surface area contributed by atoms with Crippen LogP contribution >= 0.6 is 0 Å². The molecular weight excluding hydrogens is 358 g/mol. The van der Waals surface area contributed by atoms with Crippen LogP contribution in [-0.4, -0.2) is 5.90 Å². The van der Waals surface area contributed by atoms with Crippen molar-refractivity contribution in [2.45, 2.75) is 33.6 Å². The van der Waals surface area contributed by atoms with E-state index in [1.54, 1.807) is 6.26 Å². The third-order valence-corrected chi connectivity index (χ3v) is 4.42.